The number of aromatic hydroxyl groups is 1. The Morgan fingerprint density at radius 1 is 1.19 bits per heavy atom. The Morgan fingerprint density at radius 3 is 2.52 bits per heavy atom. The first kappa shape index (κ1) is 15.0. The number of carbonyl (C=O) groups excluding carboxylic acids is 1. The van der Waals surface area contributed by atoms with Gasteiger partial charge in [0.05, 0.1) is 5.69 Å². The number of nitrogens with one attached hydrogen (secondary N) is 1. The van der Waals surface area contributed by atoms with E-state index in [1.165, 1.54) is 6.07 Å². The van der Waals surface area contributed by atoms with Crippen molar-refractivity contribution < 1.29 is 9.90 Å². The molecule has 0 fully saturated rings. The Balaban J connectivity index is 2.36. The van der Waals surface area contributed by atoms with E-state index in [4.69, 9.17) is 18.0 Å². The third kappa shape index (κ3) is 3.20. The average molecular weight is 300 g/mol. The van der Waals surface area contributed by atoms with E-state index in [1.54, 1.807) is 25.1 Å². The summed E-state index contributed by atoms with van der Waals surface area (Å²) >= 11 is 5.04. The van der Waals surface area contributed by atoms with Gasteiger partial charge in [0.1, 0.15) is 10.7 Å². The first-order valence-corrected chi connectivity index (χ1v) is 6.81. The number of rotatable bonds is 3. The lowest BCUT2D eigenvalue weighted by Crippen LogP contribution is -2.19. The standard InChI is InChI=1S/C16H16N2O2S/c1-9-4-3-5-13(14(9)15(17)21)18-16(20)12-7-6-11(19)8-10(12)2/h3-8,19H,1-2H3,(H2,17,21)(H,18,20). The van der Waals surface area contributed by atoms with Crippen LogP contribution >= 0.6 is 12.2 Å². The fraction of sp³-hybridized carbons (Fsp3) is 0.125. The molecule has 2 rings (SSSR count). The smallest absolute Gasteiger partial charge is 0.255 e. The summed E-state index contributed by atoms with van der Waals surface area (Å²) in [5.41, 5.74) is 9.06. The highest BCUT2D eigenvalue weighted by atomic mass is 32.1. The molecule has 0 aliphatic heterocycles. The summed E-state index contributed by atoms with van der Waals surface area (Å²) in [6.07, 6.45) is 0. The maximum Gasteiger partial charge on any atom is 0.255 e. The van der Waals surface area contributed by atoms with Crippen molar-refractivity contribution in [3.63, 3.8) is 0 Å². The highest BCUT2D eigenvalue weighted by Crippen LogP contribution is 2.22. The van der Waals surface area contributed by atoms with Crippen molar-refractivity contribution in [2.24, 2.45) is 5.73 Å². The van der Waals surface area contributed by atoms with Gasteiger partial charge in [0, 0.05) is 11.1 Å². The van der Waals surface area contributed by atoms with E-state index in [0.717, 1.165) is 5.56 Å². The van der Waals surface area contributed by atoms with Gasteiger partial charge in [-0.2, -0.15) is 0 Å². The van der Waals surface area contributed by atoms with Crippen LogP contribution in [0.4, 0.5) is 5.69 Å². The summed E-state index contributed by atoms with van der Waals surface area (Å²) in [5.74, 6) is -0.140. The van der Waals surface area contributed by atoms with Gasteiger partial charge < -0.3 is 16.2 Å². The molecule has 4 N–H and O–H groups in total. The van der Waals surface area contributed by atoms with Crippen molar-refractivity contribution in [2.75, 3.05) is 5.32 Å². The number of nitrogens with two attached hydrogens (primary N) is 1. The number of anilines is 1. The fourth-order valence-corrected chi connectivity index (χ4v) is 2.46. The van der Waals surface area contributed by atoms with E-state index in [1.807, 2.05) is 19.1 Å². The third-order valence-electron chi connectivity index (χ3n) is 3.22. The molecule has 0 heterocycles. The topological polar surface area (TPSA) is 75.3 Å². The van der Waals surface area contributed by atoms with Gasteiger partial charge in [-0.15, -0.1) is 0 Å². The van der Waals surface area contributed by atoms with Gasteiger partial charge in [-0.3, -0.25) is 4.79 Å². The molecule has 0 unspecified atom stereocenters. The Labute approximate surface area is 128 Å². The normalized spacial score (nSPS) is 10.2. The van der Waals surface area contributed by atoms with Gasteiger partial charge in [0.2, 0.25) is 0 Å². The Kier molecular flexibility index (Phi) is 4.23. The summed E-state index contributed by atoms with van der Waals surface area (Å²) in [4.78, 5) is 12.6. The zero-order valence-electron chi connectivity index (χ0n) is 11.8. The molecule has 4 nitrogen and oxygen atoms in total. The summed E-state index contributed by atoms with van der Waals surface area (Å²) in [6.45, 7) is 3.65. The largest absolute Gasteiger partial charge is 0.508 e. The van der Waals surface area contributed by atoms with Crippen molar-refractivity contribution in [1.29, 1.82) is 0 Å². The number of hydrogen-bond donors (Lipinski definition) is 3. The molecular weight excluding hydrogens is 284 g/mol. The molecule has 0 saturated carbocycles. The van der Waals surface area contributed by atoms with E-state index in [2.05, 4.69) is 5.32 Å². The Hall–Kier alpha value is -2.40. The van der Waals surface area contributed by atoms with Gasteiger partial charge in [-0.1, -0.05) is 24.4 Å². The number of benzene rings is 2. The van der Waals surface area contributed by atoms with Gasteiger partial charge in [0.25, 0.3) is 5.91 Å². The molecule has 0 aromatic heterocycles. The zero-order valence-corrected chi connectivity index (χ0v) is 12.6. The molecule has 0 saturated heterocycles. The number of phenols is 1. The predicted molar refractivity (Wildman–Crippen MR) is 87.9 cm³/mol. The first-order valence-electron chi connectivity index (χ1n) is 6.40. The van der Waals surface area contributed by atoms with Crippen molar-refractivity contribution in [1.82, 2.24) is 0 Å². The lowest BCUT2D eigenvalue weighted by Gasteiger charge is -2.13. The quantitative estimate of drug-likeness (QED) is 0.762. The van der Waals surface area contributed by atoms with E-state index >= 15 is 0 Å². The lowest BCUT2D eigenvalue weighted by molar-refractivity contribution is 0.102. The van der Waals surface area contributed by atoms with Crippen LogP contribution in [-0.4, -0.2) is 16.0 Å². The van der Waals surface area contributed by atoms with Gasteiger partial charge in [0.15, 0.2) is 0 Å². The van der Waals surface area contributed by atoms with Gasteiger partial charge in [-0.05, 0) is 49.2 Å². The fourth-order valence-electron chi connectivity index (χ4n) is 2.19. The molecule has 0 bridgehead atoms. The molecular formula is C16H16N2O2S. The van der Waals surface area contributed by atoms with Crippen molar-refractivity contribution in [3.8, 4) is 5.75 Å². The number of hydrogen-bond acceptors (Lipinski definition) is 3. The summed E-state index contributed by atoms with van der Waals surface area (Å²) in [6, 6.07) is 10.1. The van der Waals surface area contributed by atoms with Crippen LogP contribution in [0.5, 0.6) is 5.75 Å². The van der Waals surface area contributed by atoms with E-state index in [0.29, 0.717) is 22.4 Å². The van der Waals surface area contributed by atoms with Crippen molar-refractivity contribution >= 4 is 28.8 Å². The van der Waals surface area contributed by atoms with E-state index in [-0.39, 0.29) is 16.6 Å². The zero-order chi connectivity index (χ0) is 15.6. The van der Waals surface area contributed by atoms with Crippen LogP contribution in [0.1, 0.15) is 27.0 Å². The molecule has 0 aliphatic rings. The highest BCUT2D eigenvalue weighted by Gasteiger charge is 2.14. The lowest BCUT2D eigenvalue weighted by atomic mass is 10.0. The molecule has 5 heteroatoms. The van der Waals surface area contributed by atoms with Crippen LogP contribution in [0, 0.1) is 13.8 Å². The molecule has 0 spiro atoms. The van der Waals surface area contributed by atoms with Crippen molar-refractivity contribution in [3.05, 3.63) is 58.7 Å². The summed E-state index contributed by atoms with van der Waals surface area (Å²) in [5, 5.41) is 12.2. The minimum atomic E-state index is -0.268. The van der Waals surface area contributed by atoms with Gasteiger partial charge in [-0.25, -0.2) is 0 Å². The number of thiocarbonyl (C=S) groups is 1. The van der Waals surface area contributed by atoms with Crippen LogP contribution in [-0.2, 0) is 0 Å². The molecule has 21 heavy (non-hydrogen) atoms. The van der Waals surface area contributed by atoms with E-state index < -0.39 is 0 Å². The SMILES string of the molecule is Cc1cc(O)ccc1C(=O)Nc1cccc(C)c1C(N)=S. The molecule has 1 amide bonds. The minimum Gasteiger partial charge on any atom is -0.508 e. The number of carbonyl (C=O) groups is 1. The van der Waals surface area contributed by atoms with Crippen molar-refractivity contribution in [2.45, 2.75) is 13.8 Å². The van der Waals surface area contributed by atoms with Crippen LogP contribution in [0.25, 0.3) is 0 Å². The summed E-state index contributed by atoms with van der Waals surface area (Å²) < 4.78 is 0. The molecule has 2 aromatic rings. The second kappa shape index (κ2) is 5.93. The Morgan fingerprint density at radius 2 is 1.90 bits per heavy atom. The highest BCUT2D eigenvalue weighted by molar-refractivity contribution is 7.80. The number of aryl methyl sites for hydroxylation is 2. The molecule has 0 atom stereocenters. The Bertz CT molecular complexity index is 726. The molecule has 0 aliphatic carbocycles. The second-order valence-electron chi connectivity index (χ2n) is 4.82. The van der Waals surface area contributed by atoms with Crippen LogP contribution < -0.4 is 11.1 Å². The van der Waals surface area contributed by atoms with Gasteiger partial charge >= 0.3 is 0 Å². The first-order chi connectivity index (χ1) is 9.90. The maximum absolute atomic E-state index is 12.4. The maximum atomic E-state index is 12.4. The molecule has 108 valence electrons. The van der Waals surface area contributed by atoms with Crippen LogP contribution in [0.2, 0.25) is 0 Å². The van der Waals surface area contributed by atoms with Crippen LogP contribution in [0.3, 0.4) is 0 Å². The van der Waals surface area contributed by atoms with Crippen LogP contribution in [0.15, 0.2) is 36.4 Å². The average Bonchev–Trinajstić information content (AvgIpc) is 2.37. The minimum absolute atomic E-state index is 0.128. The molecule has 0 radical (unpaired) electrons. The number of phenolic OH excluding ortho intramolecular Hbond substituents is 1. The monoisotopic (exact) mass is 300 g/mol. The van der Waals surface area contributed by atoms with E-state index in [9.17, 15) is 9.90 Å². The predicted octanol–water partition coefficient (Wildman–Crippen LogP) is 2.90. The third-order valence-corrected chi connectivity index (χ3v) is 3.43. The number of amides is 1. The molecule has 2 aromatic carbocycles. The summed E-state index contributed by atoms with van der Waals surface area (Å²) in [7, 11) is 0. The second-order valence-corrected chi connectivity index (χ2v) is 5.25.